The van der Waals surface area contributed by atoms with Crippen LogP contribution in [0.2, 0.25) is 0 Å². The first-order valence-electron chi connectivity index (χ1n) is 2.96. The van der Waals surface area contributed by atoms with Gasteiger partial charge in [-0.15, -0.1) is 0 Å². The maximum Gasteiger partial charge on any atom is 0.172 e. The summed E-state index contributed by atoms with van der Waals surface area (Å²) >= 11 is 0. The van der Waals surface area contributed by atoms with Gasteiger partial charge >= 0.3 is 0 Å². The van der Waals surface area contributed by atoms with Gasteiger partial charge in [-0.05, 0) is 35.1 Å². The second kappa shape index (κ2) is 3.88. The number of nitrogens with zero attached hydrogens (tertiary/aromatic N) is 2. The molecule has 0 bridgehead atoms. The molecular weight excluding hydrogens is 130 g/mol. The topological polar surface area (TPSA) is 61.7 Å². The molecule has 0 rings (SSSR count). The van der Waals surface area contributed by atoms with Crippen molar-refractivity contribution in [2.45, 2.75) is 12.8 Å². The van der Waals surface area contributed by atoms with Gasteiger partial charge in [0.1, 0.15) is 0 Å². The molecule has 0 amide bonds. The molecule has 0 aromatic heterocycles. The maximum atomic E-state index is 9.52. The highest BCUT2D eigenvalue weighted by Gasteiger charge is 2.24. The average Bonchev–Trinajstić information content (AvgIpc) is 1.65. The molecule has 0 saturated carbocycles. The zero-order valence-electron chi connectivity index (χ0n) is 7.55. The Morgan fingerprint density at radius 2 is 1.20 bits per heavy atom. The van der Waals surface area contributed by atoms with Crippen LogP contribution in [0.15, 0.2) is 0 Å². The van der Waals surface area contributed by atoms with Gasteiger partial charge in [-0.3, -0.25) is 9.80 Å². The zero-order valence-corrected chi connectivity index (χ0v) is 7.55. The Labute approximate surface area is 63.0 Å². The lowest BCUT2D eigenvalue weighted by atomic mass is 10.4. The quantitative estimate of drug-likeness (QED) is 0.540. The minimum Gasteiger partial charge on any atom is -0.363 e. The van der Waals surface area contributed by atoms with E-state index < -0.39 is 5.85 Å². The van der Waals surface area contributed by atoms with Gasteiger partial charge < -0.3 is 11.3 Å². The Morgan fingerprint density at radius 3 is 1.20 bits per heavy atom. The molecule has 10 heavy (non-hydrogen) atoms. The van der Waals surface area contributed by atoms with Crippen molar-refractivity contribution in [3.63, 3.8) is 0 Å². The third-order valence-electron chi connectivity index (χ3n) is 1.69. The predicted molar refractivity (Wildman–Crippen MR) is 43.0 cm³/mol. The van der Waals surface area contributed by atoms with Crippen LogP contribution in [0.1, 0.15) is 6.92 Å². The molecule has 0 aliphatic rings. The predicted octanol–water partition coefficient (Wildman–Crippen LogP) is -0.0624. The summed E-state index contributed by atoms with van der Waals surface area (Å²) in [5.74, 6) is -0.833. The zero-order chi connectivity index (χ0) is 7.65. The molecule has 0 aliphatic heterocycles. The first-order valence-corrected chi connectivity index (χ1v) is 2.96. The lowest BCUT2D eigenvalue weighted by molar-refractivity contribution is -0.166. The number of hydrogen-bond acceptors (Lipinski definition) is 4. The lowest BCUT2D eigenvalue weighted by Gasteiger charge is -2.36. The van der Waals surface area contributed by atoms with E-state index in [2.05, 4.69) is 0 Å². The van der Waals surface area contributed by atoms with E-state index >= 15 is 0 Å². The summed E-state index contributed by atoms with van der Waals surface area (Å²) in [5, 5.41) is 9.52. The van der Waals surface area contributed by atoms with E-state index in [-0.39, 0.29) is 6.15 Å². The van der Waals surface area contributed by atoms with E-state index in [0.717, 1.165) is 0 Å². The van der Waals surface area contributed by atoms with Crippen molar-refractivity contribution in [2.75, 3.05) is 28.2 Å². The highest BCUT2D eigenvalue weighted by atomic mass is 16.3. The summed E-state index contributed by atoms with van der Waals surface area (Å²) in [7, 11) is 7.33. The molecule has 0 saturated heterocycles. The van der Waals surface area contributed by atoms with Crippen molar-refractivity contribution in [3.05, 3.63) is 0 Å². The SMILES string of the molecule is CN(C)C(C)(O)N(C)C.N. The number of aliphatic hydroxyl groups is 1. The van der Waals surface area contributed by atoms with E-state index in [1.165, 1.54) is 0 Å². The normalized spacial score (nSPS) is 12.0. The van der Waals surface area contributed by atoms with Crippen LogP contribution in [0.25, 0.3) is 0 Å². The van der Waals surface area contributed by atoms with Gasteiger partial charge in [-0.1, -0.05) is 0 Å². The summed E-state index contributed by atoms with van der Waals surface area (Å²) in [6.07, 6.45) is 0. The van der Waals surface area contributed by atoms with Gasteiger partial charge in [0.15, 0.2) is 5.85 Å². The van der Waals surface area contributed by atoms with Gasteiger partial charge in [0.05, 0.1) is 0 Å². The van der Waals surface area contributed by atoms with E-state index in [9.17, 15) is 5.11 Å². The first kappa shape index (κ1) is 12.5. The summed E-state index contributed by atoms with van der Waals surface area (Å²) in [6, 6.07) is 0. The molecule has 0 heterocycles. The van der Waals surface area contributed by atoms with Crippen molar-refractivity contribution in [1.82, 2.24) is 16.0 Å². The third-order valence-corrected chi connectivity index (χ3v) is 1.69. The van der Waals surface area contributed by atoms with Crippen LogP contribution in [0.5, 0.6) is 0 Å². The lowest BCUT2D eigenvalue weighted by Crippen LogP contribution is -2.52. The van der Waals surface area contributed by atoms with Gasteiger partial charge in [0.2, 0.25) is 0 Å². The molecule has 0 aliphatic carbocycles. The molecule has 4 nitrogen and oxygen atoms in total. The van der Waals surface area contributed by atoms with Gasteiger partial charge in [-0.25, -0.2) is 0 Å². The monoisotopic (exact) mass is 149 g/mol. The number of rotatable bonds is 2. The average molecular weight is 149 g/mol. The second-order valence-electron chi connectivity index (χ2n) is 2.76. The van der Waals surface area contributed by atoms with Crippen LogP contribution in [-0.4, -0.2) is 48.9 Å². The first-order chi connectivity index (χ1) is 3.89. The van der Waals surface area contributed by atoms with E-state index in [1.807, 2.05) is 28.2 Å². The standard InChI is InChI=1S/C6H16N2O.H3N/c1-6(9,7(2)3)8(4)5;/h9H,1-5H3;1H3. The molecule has 0 aromatic rings. The van der Waals surface area contributed by atoms with Gasteiger partial charge in [0, 0.05) is 0 Å². The van der Waals surface area contributed by atoms with Crippen molar-refractivity contribution < 1.29 is 5.11 Å². The van der Waals surface area contributed by atoms with Crippen LogP contribution in [0.4, 0.5) is 0 Å². The van der Waals surface area contributed by atoms with Crippen molar-refractivity contribution >= 4 is 0 Å². The maximum absolute atomic E-state index is 9.52. The largest absolute Gasteiger partial charge is 0.363 e. The highest BCUT2D eigenvalue weighted by molar-refractivity contribution is 4.63. The van der Waals surface area contributed by atoms with Crippen molar-refractivity contribution in [2.24, 2.45) is 0 Å². The van der Waals surface area contributed by atoms with E-state index in [4.69, 9.17) is 0 Å². The van der Waals surface area contributed by atoms with Crippen LogP contribution in [0.3, 0.4) is 0 Å². The molecule has 4 heteroatoms. The Morgan fingerprint density at radius 1 is 1.00 bits per heavy atom. The minimum atomic E-state index is -0.833. The summed E-state index contributed by atoms with van der Waals surface area (Å²) < 4.78 is 0. The number of hydrogen-bond donors (Lipinski definition) is 2. The smallest absolute Gasteiger partial charge is 0.172 e. The molecular formula is C6H19N3O. The highest BCUT2D eigenvalue weighted by Crippen LogP contribution is 2.07. The molecule has 0 radical (unpaired) electrons. The van der Waals surface area contributed by atoms with Crippen molar-refractivity contribution in [1.29, 1.82) is 0 Å². The molecule has 0 aromatic carbocycles. The third kappa shape index (κ3) is 2.62. The Kier molecular flexibility index (Phi) is 4.85. The fourth-order valence-corrected chi connectivity index (χ4v) is 0.400. The summed E-state index contributed by atoms with van der Waals surface area (Å²) in [5.41, 5.74) is 0. The molecule has 64 valence electrons. The minimum absolute atomic E-state index is 0. The van der Waals surface area contributed by atoms with Crippen LogP contribution >= 0.6 is 0 Å². The molecule has 0 atom stereocenters. The fraction of sp³-hybridized carbons (Fsp3) is 1.00. The van der Waals surface area contributed by atoms with E-state index in [0.29, 0.717) is 0 Å². The van der Waals surface area contributed by atoms with Gasteiger partial charge in [-0.2, -0.15) is 0 Å². The van der Waals surface area contributed by atoms with Crippen LogP contribution < -0.4 is 6.15 Å². The molecule has 0 fully saturated rings. The summed E-state index contributed by atoms with van der Waals surface area (Å²) in [4.78, 5) is 3.49. The van der Waals surface area contributed by atoms with Crippen LogP contribution in [-0.2, 0) is 0 Å². The Hall–Kier alpha value is -0.160. The Bertz CT molecular complexity index is 81.0. The fourth-order valence-electron chi connectivity index (χ4n) is 0.400. The second-order valence-corrected chi connectivity index (χ2v) is 2.76. The van der Waals surface area contributed by atoms with Crippen molar-refractivity contribution in [3.8, 4) is 0 Å². The Balaban J connectivity index is 0. The molecule has 0 spiro atoms. The summed E-state index contributed by atoms with van der Waals surface area (Å²) in [6.45, 7) is 1.74. The van der Waals surface area contributed by atoms with Gasteiger partial charge in [0.25, 0.3) is 0 Å². The van der Waals surface area contributed by atoms with Crippen LogP contribution in [0, 0.1) is 0 Å². The molecule has 4 N–H and O–H groups in total. The molecule has 0 unspecified atom stereocenters. The van der Waals surface area contributed by atoms with E-state index in [1.54, 1.807) is 16.7 Å².